The topological polar surface area (TPSA) is 68.6 Å². The van der Waals surface area contributed by atoms with Crippen LogP contribution in [0.1, 0.15) is 54.9 Å². The number of fused-ring (bicyclic) bond motifs is 1. The Morgan fingerprint density at radius 3 is 2.81 bits per heavy atom. The normalized spacial score (nSPS) is 24.8. The van der Waals surface area contributed by atoms with Crippen LogP contribution in [-0.2, 0) is 20.9 Å². The minimum absolute atomic E-state index is 0.00566. The molecule has 6 nitrogen and oxygen atoms in total. The first kappa shape index (κ1) is 19.0. The van der Waals surface area contributed by atoms with Crippen LogP contribution in [0.5, 0.6) is 0 Å². The number of aromatic nitrogens is 1. The molecular formula is C19H26N2O4S. The van der Waals surface area contributed by atoms with Crippen LogP contribution in [0.4, 0.5) is 0 Å². The van der Waals surface area contributed by atoms with Crippen LogP contribution >= 0.6 is 11.8 Å². The molecule has 0 aliphatic carbocycles. The Labute approximate surface area is 158 Å². The molecule has 0 aromatic carbocycles. The Hall–Kier alpha value is -1.76. The van der Waals surface area contributed by atoms with Crippen molar-refractivity contribution in [2.45, 2.75) is 64.4 Å². The largest absolute Gasteiger partial charge is 0.456 e. The Kier molecular flexibility index (Phi) is 5.19. The lowest BCUT2D eigenvalue weighted by atomic mass is 10.1. The van der Waals surface area contributed by atoms with Crippen molar-refractivity contribution in [2.75, 3.05) is 12.4 Å². The maximum atomic E-state index is 12.5. The van der Waals surface area contributed by atoms with Crippen molar-refractivity contribution in [1.82, 2.24) is 9.47 Å². The van der Waals surface area contributed by atoms with E-state index in [4.69, 9.17) is 4.74 Å². The predicted molar refractivity (Wildman–Crippen MR) is 100 cm³/mol. The molecule has 0 N–H and O–H groups in total. The minimum atomic E-state index is -0.583. The van der Waals surface area contributed by atoms with E-state index < -0.39 is 12.0 Å². The molecule has 142 valence electrons. The molecule has 0 saturated carbocycles. The van der Waals surface area contributed by atoms with Gasteiger partial charge in [0.1, 0.15) is 6.04 Å². The van der Waals surface area contributed by atoms with Crippen molar-refractivity contribution in [3.05, 3.63) is 23.0 Å². The fourth-order valence-corrected chi connectivity index (χ4v) is 5.37. The Morgan fingerprint density at radius 2 is 2.12 bits per heavy atom. The van der Waals surface area contributed by atoms with E-state index in [0.29, 0.717) is 17.7 Å². The number of carbonyl (C=O) groups is 3. The number of carbonyl (C=O) groups excluding carboxylic acids is 3. The van der Waals surface area contributed by atoms with E-state index in [1.165, 1.54) is 0 Å². The van der Waals surface area contributed by atoms with Crippen molar-refractivity contribution < 1.29 is 19.1 Å². The van der Waals surface area contributed by atoms with Crippen molar-refractivity contribution in [2.24, 2.45) is 0 Å². The highest BCUT2D eigenvalue weighted by atomic mass is 32.2. The van der Waals surface area contributed by atoms with Gasteiger partial charge in [0.25, 0.3) is 0 Å². The van der Waals surface area contributed by atoms with Crippen LogP contribution in [-0.4, -0.2) is 50.4 Å². The van der Waals surface area contributed by atoms with E-state index in [1.54, 1.807) is 16.7 Å². The fourth-order valence-electron chi connectivity index (χ4n) is 3.96. The van der Waals surface area contributed by atoms with Crippen LogP contribution in [0.3, 0.4) is 0 Å². The quantitative estimate of drug-likeness (QED) is 0.562. The molecule has 26 heavy (non-hydrogen) atoms. The highest BCUT2D eigenvalue weighted by Gasteiger charge is 2.53. The van der Waals surface area contributed by atoms with E-state index >= 15 is 0 Å². The van der Waals surface area contributed by atoms with Gasteiger partial charge < -0.3 is 14.2 Å². The third kappa shape index (κ3) is 3.17. The number of thioether (sulfide) groups is 1. The molecule has 2 aliphatic heterocycles. The van der Waals surface area contributed by atoms with Crippen LogP contribution in [0.15, 0.2) is 6.07 Å². The molecule has 0 spiro atoms. The standard InChI is InChI=1S/C19H26N2O4S/c1-5-8-20-12(2)9-14(13(20)3)16(22)10-25-18(24)15-11-26-19(4)7-6-17(23)21(15)19/h9,15H,5-8,10-11H2,1-4H3/t15-,19+/m1/s1. The zero-order valence-electron chi connectivity index (χ0n) is 15.8. The van der Waals surface area contributed by atoms with Gasteiger partial charge in [-0.15, -0.1) is 11.8 Å². The molecular weight excluding hydrogens is 352 g/mol. The second-order valence-electron chi connectivity index (χ2n) is 7.23. The van der Waals surface area contributed by atoms with Crippen LogP contribution in [0.25, 0.3) is 0 Å². The SMILES string of the molecule is CCCn1c(C)cc(C(=O)COC(=O)[C@H]2CS[C@@]3(C)CCC(=O)N23)c1C. The second kappa shape index (κ2) is 7.10. The highest BCUT2D eigenvalue weighted by molar-refractivity contribution is 8.01. The summed E-state index contributed by atoms with van der Waals surface area (Å²) >= 11 is 1.62. The van der Waals surface area contributed by atoms with Crippen LogP contribution in [0.2, 0.25) is 0 Å². The Bertz CT molecular complexity index is 757. The van der Waals surface area contributed by atoms with Crippen molar-refractivity contribution in [3.8, 4) is 0 Å². The average Bonchev–Trinajstić information content (AvgIpc) is 3.19. The van der Waals surface area contributed by atoms with Crippen LogP contribution in [0, 0.1) is 13.8 Å². The van der Waals surface area contributed by atoms with Gasteiger partial charge in [-0.25, -0.2) is 4.79 Å². The minimum Gasteiger partial charge on any atom is -0.456 e. The van der Waals surface area contributed by atoms with Gasteiger partial charge in [-0.05, 0) is 39.7 Å². The molecule has 2 aliphatic rings. The van der Waals surface area contributed by atoms with Gasteiger partial charge in [0, 0.05) is 35.7 Å². The number of amides is 1. The Balaban J connectivity index is 1.64. The molecule has 7 heteroatoms. The molecule has 2 fully saturated rings. The van der Waals surface area contributed by atoms with Gasteiger partial charge in [-0.1, -0.05) is 6.92 Å². The third-order valence-electron chi connectivity index (χ3n) is 5.38. The summed E-state index contributed by atoms with van der Waals surface area (Å²) in [7, 11) is 0. The average molecular weight is 378 g/mol. The van der Waals surface area contributed by atoms with Crippen LogP contribution < -0.4 is 0 Å². The first-order valence-electron chi connectivity index (χ1n) is 9.11. The molecule has 1 aromatic rings. The summed E-state index contributed by atoms with van der Waals surface area (Å²) in [5.41, 5.74) is 2.54. The van der Waals surface area contributed by atoms with E-state index in [2.05, 4.69) is 11.5 Å². The Morgan fingerprint density at radius 1 is 1.38 bits per heavy atom. The van der Waals surface area contributed by atoms with Gasteiger partial charge in [0.2, 0.25) is 11.7 Å². The predicted octanol–water partition coefficient (Wildman–Crippen LogP) is 2.69. The number of rotatable bonds is 6. The maximum absolute atomic E-state index is 12.5. The molecule has 2 saturated heterocycles. The van der Waals surface area contributed by atoms with Gasteiger partial charge in [0.05, 0.1) is 4.87 Å². The monoisotopic (exact) mass is 378 g/mol. The number of esters is 1. The summed E-state index contributed by atoms with van der Waals surface area (Å²) in [5.74, 6) is -0.156. The van der Waals surface area contributed by atoms with Gasteiger partial charge in [-0.2, -0.15) is 0 Å². The number of hydrogen-bond acceptors (Lipinski definition) is 5. The first-order valence-corrected chi connectivity index (χ1v) is 10.1. The molecule has 1 aromatic heterocycles. The van der Waals surface area contributed by atoms with Crippen molar-refractivity contribution >= 4 is 29.4 Å². The fraction of sp³-hybridized carbons (Fsp3) is 0.632. The molecule has 1 amide bonds. The summed E-state index contributed by atoms with van der Waals surface area (Å²) < 4.78 is 7.41. The van der Waals surface area contributed by atoms with Crippen molar-refractivity contribution in [1.29, 1.82) is 0 Å². The van der Waals surface area contributed by atoms with E-state index in [1.807, 2.05) is 26.8 Å². The second-order valence-corrected chi connectivity index (χ2v) is 8.73. The maximum Gasteiger partial charge on any atom is 0.330 e. The highest BCUT2D eigenvalue weighted by Crippen LogP contribution is 2.47. The first-order chi connectivity index (χ1) is 12.3. The number of ether oxygens (including phenoxy) is 1. The number of nitrogens with zero attached hydrogens (tertiary/aromatic N) is 2. The lowest BCUT2D eigenvalue weighted by Gasteiger charge is -2.29. The third-order valence-corrected chi connectivity index (χ3v) is 6.89. The zero-order chi connectivity index (χ0) is 19.1. The lowest BCUT2D eigenvalue weighted by Crippen LogP contribution is -2.46. The summed E-state index contributed by atoms with van der Waals surface area (Å²) in [4.78, 5) is 38.5. The molecule has 3 heterocycles. The van der Waals surface area contributed by atoms with E-state index in [-0.39, 0.29) is 23.2 Å². The van der Waals surface area contributed by atoms with Gasteiger partial charge in [0.15, 0.2) is 6.61 Å². The molecule has 0 radical (unpaired) electrons. The number of aryl methyl sites for hydroxylation is 1. The number of ketones is 1. The van der Waals surface area contributed by atoms with Crippen molar-refractivity contribution in [3.63, 3.8) is 0 Å². The molecule has 0 bridgehead atoms. The summed E-state index contributed by atoms with van der Waals surface area (Å²) in [5, 5.41) is 0. The number of hydrogen-bond donors (Lipinski definition) is 0. The molecule has 2 atom stereocenters. The number of Topliss-reactive ketones (excluding diaryl/α,β-unsaturated/α-hetero) is 1. The zero-order valence-corrected chi connectivity index (χ0v) is 16.6. The smallest absolute Gasteiger partial charge is 0.330 e. The summed E-state index contributed by atoms with van der Waals surface area (Å²) in [6.45, 7) is 8.55. The van der Waals surface area contributed by atoms with E-state index in [0.717, 1.165) is 30.8 Å². The van der Waals surface area contributed by atoms with Gasteiger partial charge in [-0.3, -0.25) is 9.59 Å². The summed E-state index contributed by atoms with van der Waals surface area (Å²) in [6.07, 6.45) is 2.21. The van der Waals surface area contributed by atoms with Gasteiger partial charge >= 0.3 is 5.97 Å². The van der Waals surface area contributed by atoms with E-state index in [9.17, 15) is 14.4 Å². The lowest BCUT2D eigenvalue weighted by molar-refractivity contribution is -0.152. The molecule has 3 rings (SSSR count). The molecule has 0 unspecified atom stereocenters. The summed E-state index contributed by atoms with van der Waals surface area (Å²) in [6, 6.07) is 1.27.